The molecule has 3 aromatic rings. The maximum absolute atomic E-state index is 12.9. The van der Waals surface area contributed by atoms with Crippen LogP contribution in [0.15, 0.2) is 42.5 Å². The SMILES string of the molecule is COc1ccccc1C1Cc2c(c3cc([N+](=O)[O-])ccc3n2C)C2C(=O)NC(=O)C12. The number of methoxy groups -OCH3 is 1. The van der Waals surface area contributed by atoms with Crippen LogP contribution in [0.25, 0.3) is 10.9 Å². The lowest BCUT2D eigenvalue weighted by molar-refractivity contribution is -0.384. The molecule has 1 fully saturated rings. The van der Waals surface area contributed by atoms with Gasteiger partial charge < -0.3 is 9.30 Å². The van der Waals surface area contributed by atoms with Gasteiger partial charge in [0.15, 0.2) is 0 Å². The van der Waals surface area contributed by atoms with Crippen molar-refractivity contribution in [1.82, 2.24) is 9.88 Å². The number of benzene rings is 2. The van der Waals surface area contributed by atoms with Crippen LogP contribution in [0.1, 0.15) is 28.7 Å². The van der Waals surface area contributed by atoms with Crippen molar-refractivity contribution in [1.29, 1.82) is 0 Å². The van der Waals surface area contributed by atoms with Crippen molar-refractivity contribution in [2.24, 2.45) is 13.0 Å². The molecule has 3 unspecified atom stereocenters. The monoisotopic (exact) mass is 405 g/mol. The Balaban J connectivity index is 1.78. The first kappa shape index (κ1) is 18.4. The Kier molecular flexibility index (Phi) is 3.92. The van der Waals surface area contributed by atoms with E-state index in [1.807, 2.05) is 35.9 Å². The van der Waals surface area contributed by atoms with Crippen LogP contribution in [0.2, 0.25) is 0 Å². The van der Waals surface area contributed by atoms with Crippen molar-refractivity contribution in [2.45, 2.75) is 18.3 Å². The number of fused-ring (bicyclic) bond motifs is 5. The molecule has 30 heavy (non-hydrogen) atoms. The summed E-state index contributed by atoms with van der Waals surface area (Å²) in [5.41, 5.74) is 3.27. The van der Waals surface area contributed by atoms with Crippen LogP contribution in [-0.4, -0.2) is 28.4 Å². The number of non-ortho nitro benzene ring substituents is 1. The first-order valence-electron chi connectivity index (χ1n) is 9.65. The van der Waals surface area contributed by atoms with E-state index in [-0.39, 0.29) is 23.4 Å². The molecule has 152 valence electrons. The van der Waals surface area contributed by atoms with Crippen molar-refractivity contribution in [3.63, 3.8) is 0 Å². The van der Waals surface area contributed by atoms with Gasteiger partial charge in [-0.05, 0) is 29.7 Å². The third-order valence-electron chi connectivity index (χ3n) is 6.45. The molecular formula is C22H19N3O5. The predicted octanol–water partition coefficient (Wildman–Crippen LogP) is 2.79. The second-order valence-electron chi connectivity index (χ2n) is 7.79. The van der Waals surface area contributed by atoms with E-state index in [2.05, 4.69) is 5.32 Å². The molecule has 8 nitrogen and oxygen atoms in total. The zero-order valence-corrected chi connectivity index (χ0v) is 16.4. The lowest BCUT2D eigenvalue weighted by Gasteiger charge is -2.32. The number of carbonyl (C=O) groups excluding carboxylic acids is 2. The zero-order chi connectivity index (χ0) is 21.2. The number of nitro groups is 1. The zero-order valence-electron chi connectivity index (χ0n) is 16.4. The Labute approximate surface area is 171 Å². The number of hydrogen-bond donors (Lipinski definition) is 1. The summed E-state index contributed by atoms with van der Waals surface area (Å²) in [4.78, 5) is 36.6. The second-order valence-corrected chi connectivity index (χ2v) is 7.79. The van der Waals surface area contributed by atoms with Crippen LogP contribution in [-0.2, 0) is 23.1 Å². The van der Waals surface area contributed by atoms with Gasteiger partial charge in [0.25, 0.3) is 5.69 Å². The molecule has 0 radical (unpaired) electrons. The quantitative estimate of drug-likeness (QED) is 0.410. The van der Waals surface area contributed by atoms with Crippen LogP contribution in [0.3, 0.4) is 0 Å². The standard InChI is InChI=1S/C22H19N3O5/c1-24-15-8-7-11(25(28)29)9-14(15)18-16(24)10-13(12-5-3-4-6-17(12)30-2)19-20(18)22(27)23-21(19)26/h3-9,13,19-20H,10H2,1-2H3,(H,23,26,27). The highest BCUT2D eigenvalue weighted by Gasteiger charge is 2.52. The number of nitrogens with one attached hydrogen (secondary N) is 1. The fraction of sp³-hybridized carbons (Fsp3) is 0.273. The summed E-state index contributed by atoms with van der Waals surface area (Å²) in [7, 11) is 3.47. The summed E-state index contributed by atoms with van der Waals surface area (Å²) in [5.74, 6) is -1.53. The molecule has 0 spiro atoms. The highest BCUT2D eigenvalue weighted by atomic mass is 16.6. The Bertz CT molecular complexity index is 1250. The molecule has 1 aliphatic heterocycles. The third kappa shape index (κ3) is 2.39. The molecular weight excluding hydrogens is 386 g/mol. The van der Waals surface area contributed by atoms with E-state index in [0.717, 1.165) is 22.3 Å². The van der Waals surface area contributed by atoms with Gasteiger partial charge in [0, 0.05) is 41.7 Å². The summed E-state index contributed by atoms with van der Waals surface area (Å²) < 4.78 is 7.51. The van der Waals surface area contributed by atoms with Crippen molar-refractivity contribution < 1.29 is 19.2 Å². The smallest absolute Gasteiger partial charge is 0.270 e. The largest absolute Gasteiger partial charge is 0.496 e. The molecule has 2 heterocycles. The molecule has 2 aliphatic rings. The minimum Gasteiger partial charge on any atom is -0.496 e. The predicted molar refractivity (Wildman–Crippen MR) is 108 cm³/mol. The molecule has 2 aromatic carbocycles. The summed E-state index contributed by atoms with van der Waals surface area (Å²) in [5, 5.41) is 14.5. The van der Waals surface area contributed by atoms with Gasteiger partial charge >= 0.3 is 0 Å². The maximum atomic E-state index is 12.9. The van der Waals surface area contributed by atoms with Crippen molar-refractivity contribution >= 4 is 28.4 Å². The van der Waals surface area contributed by atoms with Gasteiger partial charge in [-0.1, -0.05) is 18.2 Å². The molecule has 1 aliphatic carbocycles. The summed E-state index contributed by atoms with van der Waals surface area (Å²) in [6.45, 7) is 0. The number of para-hydroxylation sites is 1. The third-order valence-corrected chi connectivity index (χ3v) is 6.45. The number of ether oxygens (including phenoxy) is 1. The molecule has 2 amide bonds. The van der Waals surface area contributed by atoms with Gasteiger partial charge in [0.05, 0.1) is 23.9 Å². The van der Waals surface area contributed by atoms with E-state index in [4.69, 9.17) is 4.74 Å². The fourth-order valence-electron chi connectivity index (χ4n) is 5.16. The molecule has 1 aromatic heterocycles. The van der Waals surface area contributed by atoms with E-state index in [1.165, 1.54) is 12.1 Å². The van der Waals surface area contributed by atoms with Crippen molar-refractivity contribution in [3.8, 4) is 5.75 Å². The van der Waals surface area contributed by atoms with Gasteiger partial charge in [-0.3, -0.25) is 25.0 Å². The average molecular weight is 405 g/mol. The number of imide groups is 1. The van der Waals surface area contributed by atoms with E-state index >= 15 is 0 Å². The number of rotatable bonds is 3. The van der Waals surface area contributed by atoms with Gasteiger partial charge in [0.2, 0.25) is 11.8 Å². The minimum atomic E-state index is -0.693. The second kappa shape index (κ2) is 6.41. The maximum Gasteiger partial charge on any atom is 0.270 e. The van der Waals surface area contributed by atoms with Gasteiger partial charge in [0.1, 0.15) is 5.75 Å². The van der Waals surface area contributed by atoms with Crippen molar-refractivity contribution in [3.05, 3.63) is 69.4 Å². The van der Waals surface area contributed by atoms with Gasteiger partial charge in [-0.2, -0.15) is 0 Å². The normalized spacial score (nSPS) is 22.5. The summed E-state index contributed by atoms with van der Waals surface area (Å²) in [6.07, 6.45) is 0.524. The summed E-state index contributed by atoms with van der Waals surface area (Å²) >= 11 is 0. The number of nitrogens with zero attached hydrogens (tertiary/aromatic N) is 2. The molecule has 5 rings (SSSR count). The molecule has 1 saturated heterocycles. The molecule has 0 saturated carbocycles. The number of hydrogen-bond acceptors (Lipinski definition) is 5. The highest BCUT2D eigenvalue weighted by Crippen LogP contribution is 2.51. The number of aromatic nitrogens is 1. The number of nitro benzene ring substituents is 1. The lowest BCUT2D eigenvalue weighted by Crippen LogP contribution is -2.31. The first-order chi connectivity index (χ1) is 14.4. The minimum absolute atomic E-state index is 0.0379. The topological polar surface area (TPSA) is 103 Å². The van der Waals surface area contributed by atoms with Crippen LogP contribution >= 0.6 is 0 Å². The van der Waals surface area contributed by atoms with Crippen LogP contribution in [0, 0.1) is 16.0 Å². The summed E-state index contributed by atoms with van der Waals surface area (Å²) in [6, 6.07) is 12.2. The van der Waals surface area contributed by atoms with Gasteiger partial charge in [-0.25, -0.2) is 0 Å². The number of amides is 2. The van der Waals surface area contributed by atoms with Crippen LogP contribution in [0.5, 0.6) is 5.75 Å². The number of aryl methyl sites for hydroxylation is 1. The van der Waals surface area contributed by atoms with Crippen molar-refractivity contribution in [2.75, 3.05) is 7.11 Å². The van der Waals surface area contributed by atoms with Crippen LogP contribution in [0.4, 0.5) is 5.69 Å². The van der Waals surface area contributed by atoms with E-state index in [1.54, 1.807) is 13.2 Å². The average Bonchev–Trinajstić information content (AvgIpc) is 3.20. The van der Waals surface area contributed by atoms with E-state index < -0.39 is 16.8 Å². The van der Waals surface area contributed by atoms with E-state index in [9.17, 15) is 19.7 Å². The van der Waals surface area contributed by atoms with E-state index in [0.29, 0.717) is 17.6 Å². The van der Waals surface area contributed by atoms with Crippen LogP contribution < -0.4 is 10.1 Å². The number of carbonyl (C=O) groups is 2. The van der Waals surface area contributed by atoms with Gasteiger partial charge in [-0.15, -0.1) is 0 Å². The highest BCUT2D eigenvalue weighted by molar-refractivity contribution is 6.10. The molecule has 3 atom stereocenters. The Morgan fingerprint density at radius 1 is 1.17 bits per heavy atom. The Hall–Kier alpha value is -3.68. The molecule has 8 heteroatoms. The molecule has 1 N–H and O–H groups in total. The molecule has 0 bridgehead atoms. The Morgan fingerprint density at radius 2 is 1.93 bits per heavy atom. The fourth-order valence-corrected chi connectivity index (χ4v) is 5.16. The Morgan fingerprint density at radius 3 is 2.67 bits per heavy atom. The lowest BCUT2D eigenvalue weighted by atomic mass is 9.69. The first-order valence-corrected chi connectivity index (χ1v) is 9.65.